The van der Waals surface area contributed by atoms with Crippen molar-refractivity contribution in [2.75, 3.05) is 13.2 Å². The summed E-state index contributed by atoms with van der Waals surface area (Å²) in [5, 5.41) is 0. The molecule has 0 amide bonds. The van der Waals surface area contributed by atoms with E-state index < -0.39 is 0 Å². The SMILES string of the molecule is Cl.O=CC1CCOCC1. The largest absolute Gasteiger partial charge is 0.381 e. The molecule has 54 valence electrons. The van der Waals surface area contributed by atoms with Crippen LogP contribution in [0.4, 0.5) is 0 Å². The molecule has 1 aliphatic rings. The Bertz CT molecular complexity index is 79.1. The summed E-state index contributed by atoms with van der Waals surface area (Å²) < 4.78 is 5.04. The lowest BCUT2D eigenvalue weighted by molar-refractivity contribution is -0.113. The zero-order chi connectivity index (χ0) is 5.82. The van der Waals surface area contributed by atoms with Gasteiger partial charge in [0.05, 0.1) is 0 Å². The highest BCUT2D eigenvalue weighted by Gasteiger charge is 2.10. The molecule has 0 aliphatic carbocycles. The molecular weight excluding hydrogens is 140 g/mol. The highest BCUT2D eigenvalue weighted by atomic mass is 35.5. The van der Waals surface area contributed by atoms with Gasteiger partial charge in [0.15, 0.2) is 0 Å². The van der Waals surface area contributed by atoms with Gasteiger partial charge in [0, 0.05) is 19.1 Å². The van der Waals surface area contributed by atoms with Crippen molar-refractivity contribution in [1.29, 1.82) is 0 Å². The number of carbonyl (C=O) groups is 1. The van der Waals surface area contributed by atoms with Crippen molar-refractivity contribution in [3.05, 3.63) is 0 Å². The monoisotopic (exact) mass is 150 g/mol. The Hall–Kier alpha value is -0.0800. The fraction of sp³-hybridized carbons (Fsp3) is 0.833. The Morgan fingerprint density at radius 3 is 2.22 bits per heavy atom. The van der Waals surface area contributed by atoms with E-state index in [1.54, 1.807) is 0 Å². The first-order valence-electron chi connectivity index (χ1n) is 2.96. The molecule has 0 spiro atoms. The molecule has 0 unspecified atom stereocenters. The van der Waals surface area contributed by atoms with E-state index in [2.05, 4.69) is 0 Å². The summed E-state index contributed by atoms with van der Waals surface area (Å²) >= 11 is 0. The number of aldehydes is 1. The number of hydrogen-bond donors (Lipinski definition) is 0. The summed E-state index contributed by atoms with van der Waals surface area (Å²) in [6.07, 6.45) is 2.87. The number of hydrogen-bond acceptors (Lipinski definition) is 2. The van der Waals surface area contributed by atoms with Gasteiger partial charge in [-0.2, -0.15) is 0 Å². The van der Waals surface area contributed by atoms with Crippen molar-refractivity contribution in [1.82, 2.24) is 0 Å². The van der Waals surface area contributed by atoms with Gasteiger partial charge < -0.3 is 9.53 Å². The number of carbonyl (C=O) groups excluding carboxylic acids is 1. The van der Waals surface area contributed by atoms with E-state index in [1.807, 2.05) is 0 Å². The summed E-state index contributed by atoms with van der Waals surface area (Å²) in [6.45, 7) is 1.53. The van der Waals surface area contributed by atoms with E-state index in [-0.39, 0.29) is 18.3 Å². The van der Waals surface area contributed by atoms with E-state index in [4.69, 9.17) is 4.74 Å². The molecule has 1 aliphatic heterocycles. The van der Waals surface area contributed by atoms with Crippen molar-refractivity contribution in [3.8, 4) is 0 Å². The normalized spacial score (nSPS) is 20.4. The van der Waals surface area contributed by atoms with Crippen LogP contribution in [0.5, 0.6) is 0 Å². The molecule has 0 atom stereocenters. The second kappa shape index (κ2) is 4.77. The van der Waals surface area contributed by atoms with E-state index in [0.717, 1.165) is 32.3 Å². The number of rotatable bonds is 1. The fourth-order valence-electron chi connectivity index (χ4n) is 0.852. The maximum atomic E-state index is 10.1. The van der Waals surface area contributed by atoms with Gasteiger partial charge in [0.2, 0.25) is 0 Å². The molecule has 0 radical (unpaired) electrons. The Morgan fingerprint density at radius 1 is 1.33 bits per heavy atom. The maximum Gasteiger partial charge on any atom is 0.123 e. The van der Waals surface area contributed by atoms with Crippen LogP contribution in [0.3, 0.4) is 0 Å². The quantitative estimate of drug-likeness (QED) is 0.522. The van der Waals surface area contributed by atoms with E-state index in [0.29, 0.717) is 0 Å². The lowest BCUT2D eigenvalue weighted by Gasteiger charge is -2.15. The zero-order valence-electron chi connectivity index (χ0n) is 5.21. The van der Waals surface area contributed by atoms with Crippen LogP contribution in [-0.2, 0) is 9.53 Å². The standard InChI is InChI=1S/C6H10O2.ClH/c7-5-6-1-3-8-4-2-6;/h5-6H,1-4H2;1H. The average Bonchev–Trinajstić information content (AvgIpc) is 1.90. The molecule has 1 saturated heterocycles. The summed E-state index contributed by atoms with van der Waals surface area (Å²) in [7, 11) is 0. The van der Waals surface area contributed by atoms with Crippen LogP contribution in [0, 0.1) is 5.92 Å². The smallest absolute Gasteiger partial charge is 0.123 e. The Kier molecular flexibility index (Phi) is 4.72. The lowest BCUT2D eigenvalue weighted by Crippen LogP contribution is -2.16. The minimum atomic E-state index is 0. The Balaban J connectivity index is 0.000000640. The summed E-state index contributed by atoms with van der Waals surface area (Å²) in [4.78, 5) is 10.1. The number of ether oxygens (including phenoxy) is 1. The first-order valence-corrected chi connectivity index (χ1v) is 2.96. The van der Waals surface area contributed by atoms with Crippen LogP contribution in [0.15, 0.2) is 0 Å². The molecule has 3 heteroatoms. The summed E-state index contributed by atoms with van der Waals surface area (Å²) in [5.74, 6) is 0.281. The Labute approximate surface area is 61.0 Å². The first-order chi connectivity index (χ1) is 3.93. The van der Waals surface area contributed by atoms with Crippen LogP contribution in [0.25, 0.3) is 0 Å². The first kappa shape index (κ1) is 8.92. The van der Waals surface area contributed by atoms with Crippen LogP contribution in [-0.4, -0.2) is 19.5 Å². The molecule has 0 aromatic rings. The van der Waals surface area contributed by atoms with Gasteiger partial charge >= 0.3 is 0 Å². The van der Waals surface area contributed by atoms with Crippen LogP contribution in [0.1, 0.15) is 12.8 Å². The van der Waals surface area contributed by atoms with Crippen LogP contribution < -0.4 is 0 Å². The van der Waals surface area contributed by atoms with Crippen LogP contribution in [0.2, 0.25) is 0 Å². The van der Waals surface area contributed by atoms with Gasteiger partial charge in [0.1, 0.15) is 6.29 Å². The van der Waals surface area contributed by atoms with Gasteiger partial charge in [-0.05, 0) is 12.8 Å². The Morgan fingerprint density at radius 2 is 1.89 bits per heavy atom. The number of halogens is 1. The van der Waals surface area contributed by atoms with Crippen molar-refractivity contribution >= 4 is 18.7 Å². The van der Waals surface area contributed by atoms with Crippen molar-refractivity contribution in [2.45, 2.75) is 12.8 Å². The molecule has 0 N–H and O–H groups in total. The molecule has 0 aromatic heterocycles. The zero-order valence-corrected chi connectivity index (χ0v) is 6.02. The van der Waals surface area contributed by atoms with E-state index in [1.165, 1.54) is 0 Å². The minimum Gasteiger partial charge on any atom is -0.381 e. The highest BCUT2D eigenvalue weighted by molar-refractivity contribution is 5.85. The summed E-state index contributed by atoms with van der Waals surface area (Å²) in [5.41, 5.74) is 0. The minimum absolute atomic E-state index is 0. The molecular formula is C6H11ClO2. The molecule has 2 nitrogen and oxygen atoms in total. The molecule has 9 heavy (non-hydrogen) atoms. The van der Waals surface area contributed by atoms with Crippen molar-refractivity contribution < 1.29 is 9.53 Å². The predicted octanol–water partition coefficient (Wildman–Crippen LogP) is 1.03. The predicted molar refractivity (Wildman–Crippen MR) is 36.9 cm³/mol. The highest BCUT2D eigenvalue weighted by Crippen LogP contribution is 2.10. The molecule has 0 bridgehead atoms. The molecule has 0 aromatic carbocycles. The van der Waals surface area contributed by atoms with Crippen LogP contribution >= 0.6 is 12.4 Å². The van der Waals surface area contributed by atoms with Gasteiger partial charge in [-0.25, -0.2) is 0 Å². The summed E-state index contributed by atoms with van der Waals surface area (Å²) in [6, 6.07) is 0. The second-order valence-electron chi connectivity index (χ2n) is 2.09. The third-order valence-electron chi connectivity index (χ3n) is 1.46. The molecule has 1 fully saturated rings. The molecule has 1 heterocycles. The van der Waals surface area contributed by atoms with Gasteiger partial charge in [0.25, 0.3) is 0 Å². The lowest BCUT2D eigenvalue weighted by atomic mass is 10.0. The molecule has 1 rings (SSSR count). The van der Waals surface area contributed by atoms with Crippen molar-refractivity contribution in [3.63, 3.8) is 0 Å². The third-order valence-corrected chi connectivity index (χ3v) is 1.46. The fourth-order valence-corrected chi connectivity index (χ4v) is 0.852. The third kappa shape index (κ3) is 2.82. The topological polar surface area (TPSA) is 26.3 Å². The van der Waals surface area contributed by atoms with Gasteiger partial charge in [-0.1, -0.05) is 0 Å². The second-order valence-corrected chi connectivity index (χ2v) is 2.09. The van der Waals surface area contributed by atoms with E-state index in [9.17, 15) is 4.79 Å². The maximum absolute atomic E-state index is 10.1. The van der Waals surface area contributed by atoms with Gasteiger partial charge in [-0.3, -0.25) is 0 Å². The van der Waals surface area contributed by atoms with Gasteiger partial charge in [-0.15, -0.1) is 12.4 Å². The molecule has 0 saturated carbocycles. The van der Waals surface area contributed by atoms with E-state index >= 15 is 0 Å². The van der Waals surface area contributed by atoms with Crippen molar-refractivity contribution in [2.24, 2.45) is 5.92 Å². The average molecular weight is 151 g/mol.